The molecule has 1 saturated heterocycles. The number of hydrogen-bond donors (Lipinski definition) is 0. The van der Waals surface area contributed by atoms with Crippen molar-refractivity contribution < 1.29 is 9.47 Å². The predicted molar refractivity (Wildman–Crippen MR) is 78.9 cm³/mol. The monoisotopic (exact) mass is 266 g/mol. The molecule has 102 valence electrons. The van der Waals surface area contributed by atoms with Gasteiger partial charge in [0.25, 0.3) is 5.95 Å². The van der Waals surface area contributed by atoms with Crippen molar-refractivity contribution in [2.75, 3.05) is 0 Å². The average Bonchev–Trinajstić information content (AvgIpc) is 2.71. The number of rotatable bonds is 2. The fourth-order valence-electron chi connectivity index (χ4n) is 2.57. The number of hydrogen-bond acceptors (Lipinski definition) is 2. The van der Waals surface area contributed by atoms with E-state index in [2.05, 4.69) is 30.8 Å². The normalized spacial score (nSPS) is 22.5. The Morgan fingerprint density at radius 1 is 0.700 bits per heavy atom. The minimum absolute atomic E-state index is 0.0254. The van der Waals surface area contributed by atoms with Crippen LogP contribution in [0.3, 0.4) is 0 Å². The third-order valence-electron chi connectivity index (χ3n) is 3.58. The van der Waals surface area contributed by atoms with E-state index in [1.807, 2.05) is 36.4 Å². The second-order valence-electron chi connectivity index (χ2n) is 4.98. The van der Waals surface area contributed by atoms with Gasteiger partial charge < -0.3 is 9.47 Å². The highest BCUT2D eigenvalue weighted by molar-refractivity contribution is 5.20. The Bertz CT molecular complexity index is 511. The molecule has 1 aliphatic heterocycles. The van der Waals surface area contributed by atoms with Gasteiger partial charge in [0.05, 0.1) is 0 Å². The molecule has 2 aromatic rings. The molecule has 3 rings (SSSR count). The second-order valence-corrected chi connectivity index (χ2v) is 4.98. The Hall–Kier alpha value is -2.22. The van der Waals surface area contributed by atoms with Crippen LogP contribution < -0.4 is 0 Å². The first-order valence-corrected chi connectivity index (χ1v) is 6.95. The van der Waals surface area contributed by atoms with Crippen LogP contribution in [-0.4, -0.2) is 0 Å². The van der Waals surface area contributed by atoms with E-state index in [9.17, 15) is 0 Å². The van der Waals surface area contributed by atoms with E-state index in [-0.39, 0.29) is 12.2 Å². The minimum Gasteiger partial charge on any atom is -0.458 e. The summed E-state index contributed by atoms with van der Waals surface area (Å²) in [4.78, 5) is 0. The van der Waals surface area contributed by atoms with Crippen molar-refractivity contribution in [3.8, 4) is 0 Å². The number of ether oxygens (including phenoxy) is 2. The Morgan fingerprint density at radius 2 is 1.10 bits per heavy atom. The van der Waals surface area contributed by atoms with Crippen LogP contribution >= 0.6 is 0 Å². The summed E-state index contributed by atoms with van der Waals surface area (Å²) in [5.41, 5.74) is 2.34. The number of benzene rings is 2. The van der Waals surface area contributed by atoms with E-state index in [0.29, 0.717) is 5.95 Å². The molecule has 0 aliphatic carbocycles. The van der Waals surface area contributed by atoms with Crippen molar-refractivity contribution >= 4 is 0 Å². The Kier molecular flexibility index (Phi) is 3.73. The third kappa shape index (κ3) is 2.85. The van der Waals surface area contributed by atoms with E-state index >= 15 is 0 Å². The highest BCUT2D eigenvalue weighted by Crippen LogP contribution is 2.36. The maximum atomic E-state index is 5.83. The zero-order valence-corrected chi connectivity index (χ0v) is 11.4. The highest BCUT2D eigenvalue weighted by atomic mass is 16.7. The van der Waals surface area contributed by atoms with E-state index in [1.54, 1.807) is 0 Å². The first-order valence-electron chi connectivity index (χ1n) is 6.95. The van der Waals surface area contributed by atoms with Gasteiger partial charge in [-0.2, -0.15) is 0 Å². The smallest absolute Gasteiger partial charge is 0.272 e. The SMILES string of the molecule is C=C1OC(c2ccccc2)CCC(c2ccccc2)O1. The summed E-state index contributed by atoms with van der Waals surface area (Å²) >= 11 is 0. The van der Waals surface area contributed by atoms with Gasteiger partial charge in [-0.05, 0) is 30.5 Å². The lowest BCUT2D eigenvalue weighted by molar-refractivity contribution is -0.00929. The van der Waals surface area contributed by atoms with E-state index < -0.39 is 0 Å². The van der Waals surface area contributed by atoms with Gasteiger partial charge in [-0.1, -0.05) is 60.7 Å². The predicted octanol–water partition coefficient (Wildman–Crippen LogP) is 4.77. The zero-order valence-electron chi connectivity index (χ0n) is 11.4. The lowest BCUT2D eigenvalue weighted by Gasteiger charge is -2.17. The molecule has 1 aliphatic rings. The Balaban J connectivity index is 1.77. The molecular formula is C18H18O2. The van der Waals surface area contributed by atoms with Crippen molar-refractivity contribution in [1.82, 2.24) is 0 Å². The fraction of sp³-hybridized carbons (Fsp3) is 0.222. The Labute approximate surface area is 119 Å². The lowest BCUT2D eigenvalue weighted by Crippen LogP contribution is -2.01. The first kappa shape index (κ1) is 12.8. The summed E-state index contributed by atoms with van der Waals surface area (Å²) in [7, 11) is 0. The van der Waals surface area contributed by atoms with Crippen molar-refractivity contribution in [3.63, 3.8) is 0 Å². The maximum Gasteiger partial charge on any atom is 0.272 e. The summed E-state index contributed by atoms with van der Waals surface area (Å²) in [5, 5.41) is 0. The molecule has 1 fully saturated rings. The van der Waals surface area contributed by atoms with Crippen LogP contribution in [0.25, 0.3) is 0 Å². The summed E-state index contributed by atoms with van der Waals surface area (Å²) < 4.78 is 11.7. The summed E-state index contributed by atoms with van der Waals surface area (Å²) in [6, 6.07) is 20.5. The lowest BCUT2D eigenvalue weighted by atomic mass is 9.99. The van der Waals surface area contributed by atoms with Crippen molar-refractivity contribution in [2.45, 2.75) is 25.0 Å². The van der Waals surface area contributed by atoms with Crippen LogP contribution in [-0.2, 0) is 9.47 Å². The van der Waals surface area contributed by atoms with Crippen LogP contribution in [0.5, 0.6) is 0 Å². The molecule has 1 heterocycles. The van der Waals surface area contributed by atoms with Crippen molar-refractivity contribution in [2.24, 2.45) is 0 Å². The molecule has 0 amide bonds. The van der Waals surface area contributed by atoms with Crippen LogP contribution in [0.4, 0.5) is 0 Å². The third-order valence-corrected chi connectivity index (χ3v) is 3.58. The topological polar surface area (TPSA) is 18.5 Å². The summed E-state index contributed by atoms with van der Waals surface area (Å²) in [6.07, 6.45) is 1.89. The summed E-state index contributed by atoms with van der Waals surface area (Å²) in [6.45, 7) is 3.88. The van der Waals surface area contributed by atoms with Crippen molar-refractivity contribution in [3.05, 3.63) is 84.3 Å². The average molecular weight is 266 g/mol. The Morgan fingerprint density at radius 3 is 1.50 bits per heavy atom. The largest absolute Gasteiger partial charge is 0.458 e. The molecule has 20 heavy (non-hydrogen) atoms. The minimum atomic E-state index is 0.0254. The molecule has 2 heteroatoms. The highest BCUT2D eigenvalue weighted by Gasteiger charge is 2.24. The van der Waals surface area contributed by atoms with Crippen LogP contribution in [0.15, 0.2) is 73.2 Å². The van der Waals surface area contributed by atoms with Gasteiger partial charge in [-0.15, -0.1) is 0 Å². The molecule has 0 aromatic heterocycles. The molecular weight excluding hydrogens is 248 g/mol. The second kappa shape index (κ2) is 5.83. The van der Waals surface area contributed by atoms with Gasteiger partial charge >= 0.3 is 0 Å². The van der Waals surface area contributed by atoms with E-state index in [1.165, 1.54) is 11.1 Å². The van der Waals surface area contributed by atoms with Gasteiger partial charge in [0, 0.05) is 0 Å². The van der Waals surface area contributed by atoms with Crippen LogP contribution in [0.2, 0.25) is 0 Å². The van der Waals surface area contributed by atoms with Gasteiger partial charge in [0.1, 0.15) is 12.2 Å². The molecule has 0 N–H and O–H groups in total. The van der Waals surface area contributed by atoms with Gasteiger partial charge in [-0.25, -0.2) is 0 Å². The molecule has 0 bridgehead atoms. The molecule has 0 spiro atoms. The summed E-state index contributed by atoms with van der Waals surface area (Å²) in [5.74, 6) is 0.408. The molecule has 2 atom stereocenters. The standard InChI is InChI=1S/C18H18O2/c1-14-19-17(15-8-4-2-5-9-15)12-13-18(20-14)16-10-6-3-7-11-16/h2-11,17-18H,1,12-13H2. The molecule has 0 saturated carbocycles. The zero-order chi connectivity index (χ0) is 13.8. The molecule has 0 radical (unpaired) electrons. The van der Waals surface area contributed by atoms with Crippen LogP contribution in [0.1, 0.15) is 36.2 Å². The van der Waals surface area contributed by atoms with E-state index in [4.69, 9.17) is 9.47 Å². The maximum absolute atomic E-state index is 5.83. The van der Waals surface area contributed by atoms with E-state index in [0.717, 1.165) is 12.8 Å². The quantitative estimate of drug-likeness (QED) is 0.779. The van der Waals surface area contributed by atoms with Gasteiger partial charge in [0.15, 0.2) is 0 Å². The molecule has 2 unspecified atom stereocenters. The first-order chi connectivity index (χ1) is 9.83. The van der Waals surface area contributed by atoms with Gasteiger partial charge in [-0.3, -0.25) is 0 Å². The van der Waals surface area contributed by atoms with Crippen molar-refractivity contribution in [1.29, 1.82) is 0 Å². The van der Waals surface area contributed by atoms with Gasteiger partial charge in [0.2, 0.25) is 0 Å². The van der Waals surface area contributed by atoms with Crippen LogP contribution in [0, 0.1) is 0 Å². The molecule has 2 nitrogen and oxygen atoms in total. The molecule has 2 aromatic carbocycles. The fourth-order valence-corrected chi connectivity index (χ4v) is 2.57.